The van der Waals surface area contributed by atoms with Crippen LogP contribution in [0.2, 0.25) is 0 Å². The predicted octanol–water partition coefficient (Wildman–Crippen LogP) is 3.40. The van der Waals surface area contributed by atoms with Gasteiger partial charge in [-0.15, -0.1) is 0 Å². The minimum atomic E-state index is -3.17. The van der Waals surface area contributed by atoms with Crippen molar-refractivity contribution in [1.29, 1.82) is 0 Å². The predicted molar refractivity (Wildman–Crippen MR) is 85.6 cm³/mol. The highest BCUT2D eigenvalue weighted by atomic mass is 32.2. The first-order valence-electron chi connectivity index (χ1n) is 6.85. The van der Waals surface area contributed by atoms with Crippen LogP contribution in [0.1, 0.15) is 18.5 Å². The number of aromatic nitrogens is 1. The molecule has 0 unspecified atom stereocenters. The van der Waals surface area contributed by atoms with Crippen LogP contribution in [0.25, 0.3) is 11.1 Å². The van der Waals surface area contributed by atoms with Gasteiger partial charge in [0.1, 0.15) is 5.52 Å². The molecule has 1 atom stereocenters. The van der Waals surface area contributed by atoms with E-state index >= 15 is 0 Å². The number of nitrogens with one attached hydrogen (secondary N) is 1. The van der Waals surface area contributed by atoms with Crippen LogP contribution in [0.3, 0.4) is 0 Å². The molecule has 3 aromatic rings. The number of oxazole rings is 1. The topological polar surface area (TPSA) is 72.2 Å². The van der Waals surface area contributed by atoms with Gasteiger partial charge in [-0.3, -0.25) is 0 Å². The molecule has 0 saturated heterocycles. The highest BCUT2D eigenvalue weighted by Gasteiger charge is 2.12. The van der Waals surface area contributed by atoms with Gasteiger partial charge >= 0.3 is 0 Å². The third-order valence-corrected chi connectivity index (χ3v) is 4.57. The van der Waals surface area contributed by atoms with Crippen LogP contribution in [0.15, 0.2) is 57.8 Å². The van der Waals surface area contributed by atoms with Crippen molar-refractivity contribution in [1.82, 2.24) is 4.98 Å². The van der Waals surface area contributed by atoms with Crippen LogP contribution in [0.5, 0.6) is 0 Å². The Labute approximate surface area is 128 Å². The molecule has 0 aliphatic rings. The molecule has 1 heterocycles. The van der Waals surface area contributed by atoms with Gasteiger partial charge in [0.25, 0.3) is 6.01 Å². The van der Waals surface area contributed by atoms with Crippen LogP contribution < -0.4 is 5.32 Å². The average molecular weight is 316 g/mol. The van der Waals surface area contributed by atoms with Crippen LogP contribution in [0.4, 0.5) is 6.01 Å². The molecule has 6 heteroatoms. The molecule has 0 spiro atoms. The monoisotopic (exact) mass is 316 g/mol. The first kappa shape index (κ1) is 14.6. The minimum absolute atomic E-state index is 0.0540. The van der Waals surface area contributed by atoms with Gasteiger partial charge in [0, 0.05) is 6.26 Å². The molecule has 5 nitrogen and oxygen atoms in total. The maximum Gasteiger partial charge on any atom is 0.296 e. The number of benzene rings is 2. The average Bonchev–Trinajstić information content (AvgIpc) is 2.88. The number of nitrogens with zero attached hydrogens (tertiary/aromatic N) is 1. The number of anilines is 1. The molecule has 1 N–H and O–H groups in total. The van der Waals surface area contributed by atoms with E-state index in [1.54, 1.807) is 24.3 Å². The Morgan fingerprint density at radius 3 is 2.41 bits per heavy atom. The van der Waals surface area contributed by atoms with Crippen LogP contribution in [-0.4, -0.2) is 19.7 Å². The maximum absolute atomic E-state index is 11.5. The molecule has 0 radical (unpaired) electrons. The number of hydrogen-bond acceptors (Lipinski definition) is 5. The van der Waals surface area contributed by atoms with Gasteiger partial charge in [0.15, 0.2) is 15.4 Å². The van der Waals surface area contributed by atoms with Crippen molar-refractivity contribution >= 4 is 27.0 Å². The van der Waals surface area contributed by atoms with Crippen molar-refractivity contribution in [3.8, 4) is 0 Å². The van der Waals surface area contributed by atoms with Crippen LogP contribution >= 0.6 is 0 Å². The summed E-state index contributed by atoms with van der Waals surface area (Å²) in [6.45, 7) is 1.96. The van der Waals surface area contributed by atoms with Gasteiger partial charge in [-0.2, -0.15) is 4.98 Å². The molecular weight excluding hydrogens is 300 g/mol. The van der Waals surface area contributed by atoms with Crippen molar-refractivity contribution in [2.45, 2.75) is 17.9 Å². The molecule has 1 aromatic heterocycles. The summed E-state index contributed by atoms with van der Waals surface area (Å²) in [5, 5.41) is 3.18. The fourth-order valence-corrected chi connectivity index (χ4v) is 2.84. The lowest BCUT2D eigenvalue weighted by Crippen LogP contribution is -2.07. The summed E-state index contributed by atoms with van der Waals surface area (Å²) >= 11 is 0. The van der Waals surface area contributed by atoms with E-state index in [9.17, 15) is 8.42 Å². The van der Waals surface area contributed by atoms with E-state index in [1.807, 2.05) is 31.2 Å². The molecule has 0 aliphatic heterocycles. The van der Waals surface area contributed by atoms with E-state index in [1.165, 1.54) is 6.26 Å². The Kier molecular flexibility index (Phi) is 3.62. The number of hydrogen-bond donors (Lipinski definition) is 1. The van der Waals surface area contributed by atoms with Gasteiger partial charge < -0.3 is 9.73 Å². The Morgan fingerprint density at radius 1 is 1.09 bits per heavy atom. The third-order valence-electron chi connectivity index (χ3n) is 3.44. The summed E-state index contributed by atoms with van der Waals surface area (Å²) in [7, 11) is -3.17. The highest BCUT2D eigenvalue weighted by Crippen LogP contribution is 2.23. The Morgan fingerprint density at radius 2 is 1.77 bits per heavy atom. The summed E-state index contributed by atoms with van der Waals surface area (Å²) in [5.41, 5.74) is 2.48. The number of rotatable bonds is 4. The van der Waals surface area contributed by atoms with E-state index in [0.29, 0.717) is 10.9 Å². The molecule has 22 heavy (non-hydrogen) atoms. The lowest BCUT2D eigenvalue weighted by molar-refractivity contribution is 0.600. The van der Waals surface area contributed by atoms with E-state index in [0.717, 1.165) is 16.7 Å². The fourth-order valence-electron chi connectivity index (χ4n) is 2.21. The highest BCUT2D eigenvalue weighted by molar-refractivity contribution is 7.90. The van der Waals surface area contributed by atoms with Crippen molar-refractivity contribution in [3.05, 3.63) is 54.1 Å². The van der Waals surface area contributed by atoms with Crippen molar-refractivity contribution < 1.29 is 12.8 Å². The second-order valence-electron chi connectivity index (χ2n) is 5.19. The van der Waals surface area contributed by atoms with Crippen LogP contribution in [0, 0.1) is 0 Å². The normalized spacial score (nSPS) is 13.2. The van der Waals surface area contributed by atoms with Gasteiger partial charge in [-0.1, -0.05) is 24.3 Å². The quantitative estimate of drug-likeness (QED) is 0.798. The number of para-hydroxylation sites is 2. The van der Waals surface area contributed by atoms with E-state index < -0.39 is 9.84 Å². The first-order chi connectivity index (χ1) is 10.4. The molecule has 0 fully saturated rings. The van der Waals surface area contributed by atoms with Crippen molar-refractivity contribution in [2.75, 3.05) is 11.6 Å². The van der Waals surface area contributed by atoms with Crippen molar-refractivity contribution in [2.24, 2.45) is 0 Å². The van der Waals surface area contributed by atoms with Gasteiger partial charge in [-0.05, 0) is 36.8 Å². The minimum Gasteiger partial charge on any atom is -0.424 e. The molecule has 0 aliphatic carbocycles. The third kappa shape index (κ3) is 2.96. The molecule has 0 bridgehead atoms. The Bertz CT molecular complexity index is 866. The van der Waals surface area contributed by atoms with E-state index in [-0.39, 0.29) is 6.04 Å². The Balaban J connectivity index is 1.80. The largest absolute Gasteiger partial charge is 0.424 e. The second-order valence-corrected chi connectivity index (χ2v) is 7.21. The zero-order chi connectivity index (χ0) is 15.7. The SMILES string of the molecule is C[C@@H](Nc1nc2ccccc2o1)c1ccc(S(C)(=O)=O)cc1. The lowest BCUT2D eigenvalue weighted by atomic mass is 10.1. The standard InChI is InChI=1S/C16H16N2O3S/c1-11(12-7-9-13(10-8-12)22(2,19)20)17-16-18-14-5-3-4-6-15(14)21-16/h3-11H,1-2H3,(H,17,18)/t11-/m1/s1. The number of sulfone groups is 1. The number of fused-ring (bicyclic) bond motifs is 1. The molecule has 0 saturated carbocycles. The van der Waals surface area contributed by atoms with Crippen molar-refractivity contribution in [3.63, 3.8) is 0 Å². The van der Waals surface area contributed by atoms with Gasteiger partial charge in [-0.25, -0.2) is 8.42 Å². The maximum atomic E-state index is 11.5. The zero-order valence-electron chi connectivity index (χ0n) is 12.3. The molecule has 114 valence electrons. The Hall–Kier alpha value is -2.34. The summed E-state index contributed by atoms with van der Waals surface area (Å²) in [6, 6.07) is 14.7. The molecular formula is C16H16N2O3S. The molecule has 2 aromatic carbocycles. The summed E-state index contributed by atoms with van der Waals surface area (Å²) < 4.78 is 28.5. The second kappa shape index (κ2) is 5.46. The van der Waals surface area contributed by atoms with Gasteiger partial charge in [0.2, 0.25) is 0 Å². The summed E-state index contributed by atoms with van der Waals surface area (Å²) in [4.78, 5) is 4.67. The smallest absolute Gasteiger partial charge is 0.296 e. The zero-order valence-corrected chi connectivity index (χ0v) is 13.1. The van der Waals surface area contributed by atoms with E-state index in [4.69, 9.17) is 4.42 Å². The van der Waals surface area contributed by atoms with E-state index in [2.05, 4.69) is 10.3 Å². The molecule has 3 rings (SSSR count). The lowest BCUT2D eigenvalue weighted by Gasteiger charge is -2.12. The first-order valence-corrected chi connectivity index (χ1v) is 8.75. The van der Waals surface area contributed by atoms with Crippen LogP contribution in [-0.2, 0) is 9.84 Å². The molecule has 0 amide bonds. The summed E-state index contributed by atoms with van der Waals surface area (Å²) in [5.74, 6) is 0. The summed E-state index contributed by atoms with van der Waals surface area (Å²) in [6.07, 6.45) is 1.20. The fraction of sp³-hybridized carbons (Fsp3) is 0.188. The van der Waals surface area contributed by atoms with Gasteiger partial charge in [0.05, 0.1) is 10.9 Å².